The largest absolute Gasteiger partial charge is 0.381 e. The van der Waals surface area contributed by atoms with Crippen LogP contribution in [-0.4, -0.2) is 29.9 Å². The fourth-order valence-electron chi connectivity index (χ4n) is 2.28. The Morgan fingerprint density at radius 3 is 2.50 bits per heavy atom. The van der Waals surface area contributed by atoms with Gasteiger partial charge in [-0.2, -0.15) is 4.98 Å². The van der Waals surface area contributed by atoms with Gasteiger partial charge in [0.05, 0.1) is 5.41 Å². The Bertz CT molecular complexity index is 389. The lowest BCUT2D eigenvalue weighted by atomic mass is 9.80. The molecule has 2 N–H and O–H groups in total. The van der Waals surface area contributed by atoms with E-state index in [9.17, 15) is 0 Å². The van der Waals surface area contributed by atoms with Gasteiger partial charge in [0.15, 0.2) is 5.82 Å². The van der Waals surface area contributed by atoms with Gasteiger partial charge in [-0.1, -0.05) is 25.9 Å². The highest BCUT2D eigenvalue weighted by Crippen LogP contribution is 2.33. The molecule has 102 valence electrons. The maximum Gasteiger partial charge on any atom is 0.234 e. The SMILES string of the molecule is CC(C)(C)Cc1noc(C2(CN)CCOCC2)n1. The molecule has 1 fully saturated rings. The van der Waals surface area contributed by atoms with E-state index in [4.69, 9.17) is 15.0 Å². The summed E-state index contributed by atoms with van der Waals surface area (Å²) >= 11 is 0. The Morgan fingerprint density at radius 1 is 1.28 bits per heavy atom. The molecule has 0 atom stereocenters. The number of aromatic nitrogens is 2. The third-order valence-electron chi connectivity index (χ3n) is 3.45. The highest BCUT2D eigenvalue weighted by molar-refractivity contribution is 5.08. The molecule has 1 aliphatic heterocycles. The molecule has 0 aromatic carbocycles. The Morgan fingerprint density at radius 2 is 1.94 bits per heavy atom. The van der Waals surface area contributed by atoms with Crippen LogP contribution < -0.4 is 5.73 Å². The van der Waals surface area contributed by atoms with E-state index in [1.165, 1.54) is 0 Å². The van der Waals surface area contributed by atoms with Crippen molar-refractivity contribution in [2.75, 3.05) is 19.8 Å². The van der Waals surface area contributed by atoms with E-state index in [2.05, 4.69) is 30.9 Å². The van der Waals surface area contributed by atoms with Gasteiger partial charge in [-0.15, -0.1) is 0 Å². The lowest BCUT2D eigenvalue weighted by Gasteiger charge is -2.32. The van der Waals surface area contributed by atoms with E-state index in [1.54, 1.807) is 0 Å². The maximum absolute atomic E-state index is 5.92. The summed E-state index contributed by atoms with van der Waals surface area (Å²) in [6, 6.07) is 0. The van der Waals surface area contributed by atoms with Gasteiger partial charge in [-0.05, 0) is 18.3 Å². The van der Waals surface area contributed by atoms with Crippen LogP contribution >= 0.6 is 0 Å². The predicted molar refractivity (Wildman–Crippen MR) is 68.2 cm³/mol. The van der Waals surface area contributed by atoms with Gasteiger partial charge in [-0.25, -0.2) is 0 Å². The topological polar surface area (TPSA) is 74.2 Å². The third-order valence-corrected chi connectivity index (χ3v) is 3.45. The molecule has 0 radical (unpaired) electrons. The molecule has 18 heavy (non-hydrogen) atoms. The minimum absolute atomic E-state index is 0.159. The van der Waals surface area contributed by atoms with Crippen molar-refractivity contribution in [2.45, 2.75) is 45.4 Å². The van der Waals surface area contributed by atoms with Crippen LogP contribution in [0.2, 0.25) is 0 Å². The van der Waals surface area contributed by atoms with Gasteiger partial charge in [0.1, 0.15) is 0 Å². The first kappa shape index (κ1) is 13.5. The van der Waals surface area contributed by atoms with Crippen molar-refractivity contribution in [3.8, 4) is 0 Å². The second kappa shape index (κ2) is 4.97. The van der Waals surface area contributed by atoms with Crippen molar-refractivity contribution in [1.29, 1.82) is 0 Å². The number of nitrogens with two attached hydrogens (primary N) is 1. The first-order chi connectivity index (χ1) is 8.45. The molecule has 0 spiro atoms. The molecule has 0 amide bonds. The molecular formula is C13H23N3O2. The standard InChI is InChI=1S/C13H23N3O2/c1-12(2,3)8-10-15-11(18-16-10)13(9-14)4-6-17-7-5-13/h4-9,14H2,1-3H3. The fraction of sp³-hybridized carbons (Fsp3) is 0.846. The van der Waals surface area contributed by atoms with Crippen LogP contribution in [0.3, 0.4) is 0 Å². The average molecular weight is 253 g/mol. The first-order valence-corrected chi connectivity index (χ1v) is 6.56. The van der Waals surface area contributed by atoms with E-state index in [0.29, 0.717) is 25.6 Å². The van der Waals surface area contributed by atoms with Crippen LogP contribution in [0.15, 0.2) is 4.52 Å². The van der Waals surface area contributed by atoms with Gasteiger partial charge in [0, 0.05) is 26.2 Å². The summed E-state index contributed by atoms with van der Waals surface area (Å²) < 4.78 is 10.8. The summed E-state index contributed by atoms with van der Waals surface area (Å²) in [5.74, 6) is 1.46. The van der Waals surface area contributed by atoms with Gasteiger partial charge >= 0.3 is 0 Å². The summed E-state index contributed by atoms with van der Waals surface area (Å²) in [5.41, 5.74) is 5.90. The molecule has 5 heteroatoms. The number of hydrogen-bond donors (Lipinski definition) is 1. The average Bonchev–Trinajstić information content (AvgIpc) is 2.76. The van der Waals surface area contributed by atoms with E-state index in [-0.39, 0.29) is 10.8 Å². The van der Waals surface area contributed by atoms with E-state index in [0.717, 1.165) is 25.1 Å². The molecule has 1 aromatic heterocycles. The van der Waals surface area contributed by atoms with Crippen molar-refractivity contribution in [3.63, 3.8) is 0 Å². The van der Waals surface area contributed by atoms with Crippen molar-refractivity contribution in [3.05, 3.63) is 11.7 Å². The molecule has 5 nitrogen and oxygen atoms in total. The van der Waals surface area contributed by atoms with E-state index in [1.807, 2.05) is 0 Å². The maximum atomic E-state index is 5.92. The summed E-state index contributed by atoms with van der Waals surface area (Å²) in [7, 11) is 0. The zero-order valence-electron chi connectivity index (χ0n) is 11.5. The van der Waals surface area contributed by atoms with E-state index < -0.39 is 0 Å². The van der Waals surface area contributed by atoms with Crippen molar-refractivity contribution in [1.82, 2.24) is 10.1 Å². The van der Waals surface area contributed by atoms with Crippen LogP contribution in [0, 0.1) is 5.41 Å². The van der Waals surface area contributed by atoms with Crippen molar-refractivity contribution < 1.29 is 9.26 Å². The summed E-state index contributed by atoms with van der Waals surface area (Å²) in [6.45, 7) is 8.46. The normalized spacial score (nSPS) is 20.0. The molecule has 0 aliphatic carbocycles. The third kappa shape index (κ3) is 2.90. The molecule has 0 saturated carbocycles. The van der Waals surface area contributed by atoms with Gasteiger partial charge in [0.25, 0.3) is 0 Å². The predicted octanol–water partition coefficient (Wildman–Crippen LogP) is 1.67. The van der Waals surface area contributed by atoms with Gasteiger partial charge in [0.2, 0.25) is 5.89 Å². The Labute approximate surface area is 108 Å². The van der Waals surface area contributed by atoms with Crippen LogP contribution in [-0.2, 0) is 16.6 Å². The zero-order valence-corrected chi connectivity index (χ0v) is 11.5. The molecule has 1 aliphatic rings. The van der Waals surface area contributed by atoms with Crippen molar-refractivity contribution in [2.24, 2.45) is 11.1 Å². The van der Waals surface area contributed by atoms with Crippen LogP contribution in [0.4, 0.5) is 0 Å². The van der Waals surface area contributed by atoms with Crippen LogP contribution in [0.5, 0.6) is 0 Å². The quantitative estimate of drug-likeness (QED) is 0.886. The fourth-order valence-corrected chi connectivity index (χ4v) is 2.28. The molecule has 1 aromatic rings. The Balaban J connectivity index is 2.17. The molecule has 2 rings (SSSR count). The zero-order chi connectivity index (χ0) is 13.2. The van der Waals surface area contributed by atoms with E-state index >= 15 is 0 Å². The highest BCUT2D eigenvalue weighted by Gasteiger charge is 2.38. The van der Waals surface area contributed by atoms with Gasteiger partial charge in [-0.3, -0.25) is 0 Å². The summed E-state index contributed by atoms with van der Waals surface area (Å²) in [4.78, 5) is 4.55. The number of ether oxygens (including phenoxy) is 1. The molecule has 0 unspecified atom stereocenters. The van der Waals surface area contributed by atoms with Crippen LogP contribution in [0.1, 0.15) is 45.3 Å². The molecule has 2 heterocycles. The monoisotopic (exact) mass is 253 g/mol. The summed E-state index contributed by atoms with van der Waals surface area (Å²) in [5, 5.41) is 4.09. The minimum atomic E-state index is -0.179. The summed E-state index contributed by atoms with van der Waals surface area (Å²) in [6.07, 6.45) is 2.54. The lowest BCUT2D eigenvalue weighted by molar-refractivity contribution is 0.0409. The Kier molecular flexibility index (Phi) is 3.73. The van der Waals surface area contributed by atoms with Crippen LogP contribution in [0.25, 0.3) is 0 Å². The molecule has 1 saturated heterocycles. The Hall–Kier alpha value is -0.940. The second-order valence-electron chi connectivity index (χ2n) is 6.35. The first-order valence-electron chi connectivity index (χ1n) is 6.56. The smallest absolute Gasteiger partial charge is 0.234 e. The molecular weight excluding hydrogens is 230 g/mol. The highest BCUT2D eigenvalue weighted by atomic mass is 16.5. The van der Waals surface area contributed by atoms with Crippen molar-refractivity contribution >= 4 is 0 Å². The number of hydrogen-bond acceptors (Lipinski definition) is 5. The number of rotatable bonds is 3. The lowest BCUT2D eigenvalue weighted by Crippen LogP contribution is -2.41. The minimum Gasteiger partial charge on any atom is -0.381 e. The molecule has 0 bridgehead atoms. The van der Waals surface area contributed by atoms with Gasteiger partial charge < -0.3 is 15.0 Å². The number of nitrogens with zero attached hydrogens (tertiary/aromatic N) is 2. The second-order valence-corrected chi connectivity index (χ2v) is 6.35.